The first-order chi connectivity index (χ1) is 13.2. The Morgan fingerprint density at radius 1 is 1.30 bits per heavy atom. The van der Waals surface area contributed by atoms with Gasteiger partial charge in [-0.15, -0.1) is 6.42 Å². The Hall–Kier alpha value is -3.65. The van der Waals surface area contributed by atoms with Crippen LogP contribution in [-0.4, -0.2) is 22.4 Å². The van der Waals surface area contributed by atoms with Crippen LogP contribution in [-0.2, 0) is 4.79 Å². The highest BCUT2D eigenvalue weighted by Gasteiger charge is 2.26. The second kappa shape index (κ2) is 6.93. The van der Waals surface area contributed by atoms with Crippen molar-refractivity contribution in [1.29, 1.82) is 0 Å². The van der Waals surface area contributed by atoms with Crippen LogP contribution in [0, 0.1) is 12.3 Å². The third-order valence-corrected chi connectivity index (χ3v) is 4.67. The largest absolute Gasteiger partial charge is 0.384 e. The van der Waals surface area contributed by atoms with Gasteiger partial charge in [0.2, 0.25) is 5.91 Å². The van der Waals surface area contributed by atoms with E-state index >= 15 is 0 Å². The predicted molar refractivity (Wildman–Crippen MR) is 108 cm³/mol. The van der Waals surface area contributed by atoms with Gasteiger partial charge in [-0.2, -0.15) is 0 Å². The second-order valence-corrected chi connectivity index (χ2v) is 6.36. The van der Waals surface area contributed by atoms with Gasteiger partial charge in [0.05, 0.1) is 11.2 Å². The lowest BCUT2D eigenvalue weighted by molar-refractivity contribution is -0.111. The molecule has 0 fully saturated rings. The fourth-order valence-electron chi connectivity index (χ4n) is 3.44. The molecule has 0 spiro atoms. The SMILES string of the molecule is C#Cc1ccc2c(c1)NCC2c1ncnc2ccc(NC(=O)C=CC)cc12. The molecule has 2 heterocycles. The first kappa shape index (κ1) is 16.8. The second-order valence-electron chi connectivity index (χ2n) is 6.36. The summed E-state index contributed by atoms with van der Waals surface area (Å²) < 4.78 is 0. The average molecular weight is 354 g/mol. The number of hydrogen-bond acceptors (Lipinski definition) is 4. The first-order valence-corrected chi connectivity index (χ1v) is 8.72. The van der Waals surface area contributed by atoms with Gasteiger partial charge in [-0.3, -0.25) is 4.79 Å². The zero-order valence-corrected chi connectivity index (χ0v) is 14.9. The maximum absolute atomic E-state index is 11.9. The minimum Gasteiger partial charge on any atom is -0.384 e. The minimum absolute atomic E-state index is 0.0961. The Bertz CT molecular complexity index is 1110. The van der Waals surface area contributed by atoms with Crippen LogP contribution in [0.4, 0.5) is 11.4 Å². The summed E-state index contributed by atoms with van der Waals surface area (Å²) >= 11 is 0. The molecule has 2 aromatic carbocycles. The smallest absolute Gasteiger partial charge is 0.248 e. The van der Waals surface area contributed by atoms with Crippen LogP contribution >= 0.6 is 0 Å². The van der Waals surface area contributed by atoms with Gasteiger partial charge in [-0.05, 0) is 48.9 Å². The summed E-state index contributed by atoms with van der Waals surface area (Å²) in [5.74, 6) is 2.60. The van der Waals surface area contributed by atoms with Gasteiger partial charge in [0.1, 0.15) is 6.33 Å². The Morgan fingerprint density at radius 3 is 3.00 bits per heavy atom. The lowest BCUT2D eigenvalue weighted by Crippen LogP contribution is -2.09. The Kier molecular flexibility index (Phi) is 4.31. The van der Waals surface area contributed by atoms with E-state index in [4.69, 9.17) is 6.42 Å². The normalized spacial score (nSPS) is 15.3. The fourth-order valence-corrected chi connectivity index (χ4v) is 3.44. The lowest BCUT2D eigenvalue weighted by atomic mass is 9.94. The molecule has 5 heteroatoms. The first-order valence-electron chi connectivity index (χ1n) is 8.72. The van der Waals surface area contributed by atoms with E-state index in [2.05, 4.69) is 32.6 Å². The van der Waals surface area contributed by atoms with Crippen LogP contribution < -0.4 is 10.6 Å². The highest BCUT2D eigenvalue weighted by Crippen LogP contribution is 2.38. The number of allylic oxidation sites excluding steroid dienone is 1. The molecule has 1 aromatic heterocycles. The maximum Gasteiger partial charge on any atom is 0.248 e. The summed E-state index contributed by atoms with van der Waals surface area (Å²) in [5, 5.41) is 7.21. The molecule has 1 atom stereocenters. The molecule has 27 heavy (non-hydrogen) atoms. The predicted octanol–water partition coefficient (Wildman–Crippen LogP) is 3.68. The van der Waals surface area contributed by atoms with Crippen LogP contribution in [0.15, 0.2) is 54.9 Å². The molecule has 0 aliphatic carbocycles. The Balaban J connectivity index is 1.77. The number of hydrogen-bond donors (Lipinski definition) is 2. The maximum atomic E-state index is 11.9. The van der Waals surface area contributed by atoms with Crippen molar-refractivity contribution in [3.63, 3.8) is 0 Å². The summed E-state index contributed by atoms with van der Waals surface area (Å²) in [7, 11) is 0. The van der Waals surface area contributed by atoms with E-state index in [1.54, 1.807) is 12.4 Å². The number of benzene rings is 2. The topological polar surface area (TPSA) is 66.9 Å². The number of aromatic nitrogens is 2. The number of anilines is 2. The van der Waals surface area contributed by atoms with Gasteiger partial charge in [0.15, 0.2) is 0 Å². The number of rotatable bonds is 3. The zero-order chi connectivity index (χ0) is 18.8. The van der Waals surface area contributed by atoms with Crippen molar-refractivity contribution in [3.05, 3.63) is 71.7 Å². The van der Waals surface area contributed by atoms with Crippen molar-refractivity contribution >= 4 is 28.2 Å². The number of carbonyl (C=O) groups excluding carboxylic acids is 1. The number of terminal acetylenes is 1. The molecule has 1 amide bonds. The molecule has 1 aliphatic rings. The van der Waals surface area contributed by atoms with Gasteiger partial charge >= 0.3 is 0 Å². The molecule has 132 valence electrons. The fraction of sp³-hybridized carbons (Fsp3) is 0.136. The van der Waals surface area contributed by atoms with Crippen LogP contribution in [0.2, 0.25) is 0 Å². The van der Waals surface area contributed by atoms with E-state index in [-0.39, 0.29) is 11.8 Å². The number of nitrogens with one attached hydrogen (secondary N) is 2. The molecule has 1 aliphatic heterocycles. The summed E-state index contributed by atoms with van der Waals surface area (Å²) in [6.07, 6.45) is 10.3. The van der Waals surface area contributed by atoms with Crippen molar-refractivity contribution in [2.24, 2.45) is 0 Å². The molecule has 0 saturated heterocycles. The van der Waals surface area contributed by atoms with Crippen LogP contribution in [0.5, 0.6) is 0 Å². The number of fused-ring (bicyclic) bond motifs is 2. The standard InChI is InChI=1S/C22H18N4O/c1-3-5-21(27)26-15-7-9-19-17(11-15)22(25-13-24-19)18-12-23-20-10-14(4-2)6-8-16(18)20/h2-3,5-11,13,18,23H,12H2,1H3,(H,26,27). The van der Waals surface area contributed by atoms with Crippen molar-refractivity contribution in [3.8, 4) is 12.3 Å². The highest BCUT2D eigenvalue weighted by molar-refractivity contribution is 6.00. The number of carbonyl (C=O) groups is 1. The quantitative estimate of drug-likeness (QED) is 0.556. The van der Waals surface area contributed by atoms with E-state index in [0.717, 1.165) is 45.6 Å². The third-order valence-electron chi connectivity index (χ3n) is 4.67. The third kappa shape index (κ3) is 3.13. The van der Waals surface area contributed by atoms with Gasteiger partial charge in [0.25, 0.3) is 0 Å². The van der Waals surface area contributed by atoms with E-state index in [1.807, 2.05) is 37.3 Å². The monoisotopic (exact) mass is 354 g/mol. The highest BCUT2D eigenvalue weighted by atomic mass is 16.1. The Labute approximate surface area is 157 Å². The molecule has 1 unspecified atom stereocenters. The summed E-state index contributed by atoms with van der Waals surface area (Å²) in [5.41, 5.74) is 5.55. The average Bonchev–Trinajstić information content (AvgIpc) is 3.10. The number of amides is 1. The summed E-state index contributed by atoms with van der Waals surface area (Å²) in [4.78, 5) is 20.8. The number of nitrogens with zero attached hydrogens (tertiary/aromatic N) is 2. The molecule has 5 nitrogen and oxygen atoms in total. The summed E-state index contributed by atoms with van der Waals surface area (Å²) in [6, 6.07) is 11.7. The molecular formula is C22H18N4O. The van der Waals surface area contributed by atoms with Gasteiger partial charge in [-0.1, -0.05) is 18.1 Å². The van der Waals surface area contributed by atoms with Crippen molar-refractivity contribution < 1.29 is 4.79 Å². The lowest BCUT2D eigenvalue weighted by Gasteiger charge is -2.13. The summed E-state index contributed by atoms with van der Waals surface area (Å²) in [6.45, 7) is 2.55. The molecule has 0 radical (unpaired) electrons. The van der Waals surface area contributed by atoms with E-state index in [1.165, 1.54) is 6.08 Å². The van der Waals surface area contributed by atoms with Crippen molar-refractivity contribution in [1.82, 2.24) is 9.97 Å². The minimum atomic E-state index is -0.162. The van der Waals surface area contributed by atoms with E-state index < -0.39 is 0 Å². The zero-order valence-electron chi connectivity index (χ0n) is 14.9. The van der Waals surface area contributed by atoms with Crippen LogP contribution in [0.1, 0.15) is 29.7 Å². The van der Waals surface area contributed by atoms with Crippen molar-refractivity contribution in [2.45, 2.75) is 12.8 Å². The Morgan fingerprint density at radius 2 is 2.19 bits per heavy atom. The molecular weight excluding hydrogens is 336 g/mol. The van der Waals surface area contributed by atoms with E-state index in [9.17, 15) is 4.79 Å². The van der Waals surface area contributed by atoms with Gasteiger partial charge in [0, 0.05) is 34.8 Å². The van der Waals surface area contributed by atoms with Gasteiger partial charge < -0.3 is 10.6 Å². The van der Waals surface area contributed by atoms with Crippen LogP contribution in [0.25, 0.3) is 10.9 Å². The molecule has 0 saturated carbocycles. The van der Waals surface area contributed by atoms with E-state index in [0.29, 0.717) is 0 Å². The molecule has 2 N–H and O–H groups in total. The molecule has 0 bridgehead atoms. The van der Waals surface area contributed by atoms with Crippen molar-refractivity contribution in [2.75, 3.05) is 17.2 Å². The van der Waals surface area contributed by atoms with Crippen LogP contribution in [0.3, 0.4) is 0 Å². The molecule has 3 aromatic rings. The molecule has 4 rings (SSSR count). The van der Waals surface area contributed by atoms with Gasteiger partial charge in [-0.25, -0.2) is 9.97 Å².